The standard InChI is InChI=1S/C18H21BrO/c1-2-17(19)9-6-14-20-18-12-10-16(11-13-18)15-7-4-3-5-8-15/h3-5,7-8,10-13,17H,2,6,9,14H2,1H3. The fourth-order valence-electron chi connectivity index (χ4n) is 2.07. The van der Waals surface area contributed by atoms with Crippen LogP contribution in [0, 0.1) is 0 Å². The maximum absolute atomic E-state index is 5.77. The van der Waals surface area contributed by atoms with E-state index in [4.69, 9.17) is 4.74 Å². The number of alkyl halides is 1. The Hall–Kier alpha value is -1.28. The predicted octanol–water partition coefficient (Wildman–Crippen LogP) is 5.69. The number of hydrogen-bond acceptors (Lipinski definition) is 1. The van der Waals surface area contributed by atoms with Gasteiger partial charge in [-0.2, -0.15) is 0 Å². The Morgan fingerprint density at radius 3 is 2.25 bits per heavy atom. The second-order valence-electron chi connectivity index (χ2n) is 4.89. The molecule has 0 saturated heterocycles. The molecule has 20 heavy (non-hydrogen) atoms. The third-order valence-electron chi connectivity index (χ3n) is 3.33. The molecule has 0 bridgehead atoms. The van der Waals surface area contributed by atoms with Crippen molar-refractivity contribution in [3.63, 3.8) is 0 Å². The van der Waals surface area contributed by atoms with E-state index in [0.717, 1.165) is 18.8 Å². The van der Waals surface area contributed by atoms with Crippen LogP contribution in [0.4, 0.5) is 0 Å². The molecular formula is C18H21BrO. The van der Waals surface area contributed by atoms with Gasteiger partial charge in [0.05, 0.1) is 6.61 Å². The Labute approximate surface area is 130 Å². The molecule has 0 aliphatic heterocycles. The van der Waals surface area contributed by atoms with Gasteiger partial charge in [0.1, 0.15) is 5.75 Å². The molecule has 0 radical (unpaired) electrons. The SMILES string of the molecule is CCC(Br)CCCOc1ccc(-c2ccccc2)cc1. The fraction of sp³-hybridized carbons (Fsp3) is 0.333. The summed E-state index contributed by atoms with van der Waals surface area (Å²) in [6.07, 6.45) is 3.43. The van der Waals surface area contributed by atoms with Crippen molar-refractivity contribution in [3.8, 4) is 16.9 Å². The largest absolute Gasteiger partial charge is 0.494 e. The van der Waals surface area contributed by atoms with Crippen molar-refractivity contribution in [2.45, 2.75) is 31.0 Å². The lowest BCUT2D eigenvalue weighted by atomic mass is 10.1. The molecule has 2 aromatic rings. The Bertz CT molecular complexity index is 493. The summed E-state index contributed by atoms with van der Waals surface area (Å²) in [7, 11) is 0. The maximum atomic E-state index is 5.77. The molecule has 0 aliphatic rings. The molecule has 0 amide bonds. The summed E-state index contributed by atoms with van der Waals surface area (Å²) in [6.45, 7) is 2.98. The molecule has 2 heteroatoms. The van der Waals surface area contributed by atoms with Gasteiger partial charge >= 0.3 is 0 Å². The van der Waals surface area contributed by atoms with Gasteiger partial charge in [-0.05, 0) is 42.5 Å². The normalized spacial score (nSPS) is 12.1. The molecule has 106 valence electrons. The Balaban J connectivity index is 1.83. The molecule has 0 heterocycles. The van der Waals surface area contributed by atoms with E-state index in [-0.39, 0.29) is 0 Å². The first kappa shape index (κ1) is 15.1. The number of halogens is 1. The van der Waals surface area contributed by atoms with E-state index in [1.165, 1.54) is 24.0 Å². The first-order valence-corrected chi connectivity index (χ1v) is 8.13. The van der Waals surface area contributed by atoms with Crippen molar-refractivity contribution in [2.75, 3.05) is 6.61 Å². The maximum Gasteiger partial charge on any atom is 0.119 e. The van der Waals surface area contributed by atoms with Gasteiger partial charge in [0.25, 0.3) is 0 Å². The van der Waals surface area contributed by atoms with Gasteiger partial charge in [-0.15, -0.1) is 0 Å². The van der Waals surface area contributed by atoms with Gasteiger partial charge in [-0.3, -0.25) is 0 Å². The van der Waals surface area contributed by atoms with Crippen LogP contribution < -0.4 is 4.74 Å². The van der Waals surface area contributed by atoms with Gasteiger partial charge in [-0.1, -0.05) is 65.3 Å². The molecule has 0 fully saturated rings. The summed E-state index contributed by atoms with van der Waals surface area (Å²) in [4.78, 5) is 0.617. The smallest absolute Gasteiger partial charge is 0.119 e. The van der Waals surface area contributed by atoms with Crippen LogP contribution >= 0.6 is 15.9 Å². The molecule has 2 aromatic carbocycles. The molecule has 0 aromatic heterocycles. The monoisotopic (exact) mass is 332 g/mol. The summed E-state index contributed by atoms with van der Waals surface area (Å²) in [5.41, 5.74) is 2.47. The molecular weight excluding hydrogens is 312 g/mol. The number of benzene rings is 2. The molecule has 0 saturated carbocycles. The van der Waals surface area contributed by atoms with Crippen molar-refractivity contribution in [1.29, 1.82) is 0 Å². The van der Waals surface area contributed by atoms with E-state index in [0.29, 0.717) is 4.83 Å². The van der Waals surface area contributed by atoms with Crippen molar-refractivity contribution >= 4 is 15.9 Å². The average Bonchev–Trinajstić information content (AvgIpc) is 2.52. The van der Waals surface area contributed by atoms with Crippen LogP contribution in [-0.4, -0.2) is 11.4 Å². The molecule has 0 aliphatic carbocycles. The Morgan fingerprint density at radius 2 is 1.60 bits per heavy atom. The minimum atomic E-state index is 0.617. The van der Waals surface area contributed by atoms with Crippen molar-refractivity contribution in [1.82, 2.24) is 0 Å². The van der Waals surface area contributed by atoms with E-state index < -0.39 is 0 Å². The molecule has 0 spiro atoms. The highest BCUT2D eigenvalue weighted by atomic mass is 79.9. The minimum absolute atomic E-state index is 0.617. The Morgan fingerprint density at radius 1 is 0.950 bits per heavy atom. The lowest BCUT2D eigenvalue weighted by Gasteiger charge is -2.09. The van der Waals surface area contributed by atoms with Crippen LogP contribution in [0.3, 0.4) is 0 Å². The van der Waals surface area contributed by atoms with Gasteiger partial charge in [0.15, 0.2) is 0 Å². The fourth-order valence-corrected chi connectivity index (χ4v) is 2.40. The lowest BCUT2D eigenvalue weighted by Crippen LogP contribution is -2.02. The highest BCUT2D eigenvalue weighted by Gasteiger charge is 2.01. The van der Waals surface area contributed by atoms with E-state index in [1.807, 2.05) is 18.2 Å². The third-order valence-corrected chi connectivity index (χ3v) is 4.44. The van der Waals surface area contributed by atoms with Crippen molar-refractivity contribution < 1.29 is 4.74 Å². The van der Waals surface area contributed by atoms with E-state index in [9.17, 15) is 0 Å². The topological polar surface area (TPSA) is 9.23 Å². The number of rotatable bonds is 7. The molecule has 2 rings (SSSR count). The highest BCUT2D eigenvalue weighted by Crippen LogP contribution is 2.22. The molecule has 1 unspecified atom stereocenters. The lowest BCUT2D eigenvalue weighted by molar-refractivity contribution is 0.306. The van der Waals surface area contributed by atoms with Gasteiger partial charge in [0, 0.05) is 4.83 Å². The quantitative estimate of drug-likeness (QED) is 0.467. The summed E-state index contributed by atoms with van der Waals surface area (Å²) in [5.74, 6) is 0.951. The zero-order chi connectivity index (χ0) is 14.2. The highest BCUT2D eigenvalue weighted by molar-refractivity contribution is 9.09. The Kier molecular flexibility index (Phi) is 6.13. The minimum Gasteiger partial charge on any atom is -0.494 e. The molecule has 0 N–H and O–H groups in total. The van der Waals surface area contributed by atoms with Crippen LogP contribution in [0.25, 0.3) is 11.1 Å². The van der Waals surface area contributed by atoms with Crippen LogP contribution in [0.15, 0.2) is 54.6 Å². The zero-order valence-electron chi connectivity index (χ0n) is 11.9. The summed E-state index contributed by atoms with van der Waals surface area (Å²) >= 11 is 3.64. The molecule has 1 nitrogen and oxygen atoms in total. The number of ether oxygens (including phenoxy) is 1. The van der Waals surface area contributed by atoms with Crippen LogP contribution in [0.5, 0.6) is 5.75 Å². The second kappa shape index (κ2) is 8.11. The molecule has 1 atom stereocenters. The van der Waals surface area contributed by atoms with Crippen LogP contribution in [0.1, 0.15) is 26.2 Å². The van der Waals surface area contributed by atoms with Crippen LogP contribution in [-0.2, 0) is 0 Å². The third kappa shape index (κ3) is 4.68. The van der Waals surface area contributed by atoms with Crippen molar-refractivity contribution in [3.05, 3.63) is 54.6 Å². The van der Waals surface area contributed by atoms with E-state index in [1.54, 1.807) is 0 Å². The first-order chi connectivity index (χ1) is 9.79. The van der Waals surface area contributed by atoms with E-state index >= 15 is 0 Å². The summed E-state index contributed by atoms with van der Waals surface area (Å²) in [6, 6.07) is 18.7. The predicted molar refractivity (Wildman–Crippen MR) is 89.6 cm³/mol. The summed E-state index contributed by atoms with van der Waals surface area (Å²) in [5, 5.41) is 0. The summed E-state index contributed by atoms with van der Waals surface area (Å²) < 4.78 is 5.77. The second-order valence-corrected chi connectivity index (χ2v) is 6.18. The first-order valence-electron chi connectivity index (χ1n) is 7.22. The van der Waals surface area contributed by atoms with Crippen molar-refractivity contribution in [2.24, 2.45) is 0 Å². The van der Waals surface area contributed by atoms with Gasteiger partial charge in [-0.25, -0.2) is 0 Å². The van der Waals surface area contributed by atoms with E-state index in [2.05, 4.69) is 59.3 Å². The number of hydrogen-bond donors (Lipinski definition) is 0. The van der Waals surface area contributed by atoms with Gasteiger partial charge in [0.2, 0.25) is 0 Å². The zero-order valence-corrected chi connectivity index (χ0v) is 13.5. The van der Waals surface area contributed by atoms with Gasteiger partial charge < -0.3 is 4.74 Å². The van der Waals surface area contributed by atoms with Crippen LogP contribution in [0.2, 0.25) is 0 Å². The average molecular weight is 333 g/mol.